The second-order valence-corrected chi connectivity index (χ2v) is 7.89. The molecule has 8 heteroatoms. The lowest BCUT2D eigenvalue weighted by molar-refractivity contribution is 0.276. The van der Waals surface area contributed by atoms with E-state index >= 15 is 0 Å². The number of nitrogens with zero attached hydrogens (tertiary/aromatic N) is 3. The number of anilines is 3. The van der Waals surface area contributed by atoms with Crippen molar-refractivity contribution in [2.45, 2.75) is 24.8 Å². The average molecular weight is 421 g/mol. The number of benzene rings is 2. The predicted molar refractivity (Wildman–Crippen MR) is 118 cm³/mol. The zero-order valence-corrected chi connectivity index (χ0v) is 16.9. The highest BCUT2D eigenvalue weighted by Crippen LogP contribution is 2.40. The standard InChI is InChI=1S/C22H21ClN6O/c23-15-8-9-16-18(10-15)24-22(25-19(12-30)13-4-2-1-3-5-13)27-21(16)26-20-11-17(28-29-20)14-6-7-14/h1-5,8-11,14,19,30H,6-7,12H2,(H3,24,25,26,27,28,29)/t19-/m0/s1. The van der Waals surface area contributed by atoms with Gasteiger partial charge in [0, 0.05) is 28.1 Å². The van der Waals surface area contributed by atoms with E-state index in [2.05, 4.69) is 30.8 Å². The topological polar surface area (TPSA) is 98.8 Å². The molecule has 1 fully saturated rings. The number of rotatable bonds is 7. The molecular weight excluding hydrogens is 400 g/mol. The zero-order chi connectivity index (χ0) is 20.5. The molecule has 0 amide bonds. The predicted octanol–water partition coefficient (Wildman–Crippen LogP) is 4.77. The number of hydrogen-bond acceptors (Lipinski definition) is 6. The van der Waals surface area contributed by atoms with E-state index in [0.717, 1.165) is 16.6 Å². The van der Waals surface area contributed by atoms with Crippen LogP contribution in [0.4, 0.5) is 17.6 Å². The van der Waals surface area contributed by atoms with Crippen molar-refractivity contribution in [1.82, 2.24) is 20.2 Å². The Balaban J connectivity index is 1.50. The molecule has 0 spiro atoms. The molecule has 0 unspecified atom stereocenters. The summed E-state index contributed by atoms with van der Waals surface area (Å²) in [7, 11) is 0. The summed E-state index contributed by atoms with van der Waals surface area (Å²) in [6, 6.07) is 16.9. The summed E-state index contributed by atoms with van der Waals surface area (Å²) in [6.45, 7) is -0.0895. The molecule has 0 radical (unpaired) electrons. The highest BCUT2D eigenvalue weighted by Gasteiger charge is 2.25. The maximum absolute atomic E-state index is 9.89. The van der Waals surface area contributed by atoms with Crippen LogP contribution in [0.3, 0.4) is 0 Å². The maximum atomic E-state index is 9.89. The molecule has 1 atom stereocenters. The Bertz CT molecular complexity index is 1170. The molecule has 1 aliphatic carbocycles. The Labute approximate surface area is 178 Å². The largest absolute Gasteiger partial charge is 0.394 e. The van der Waals surface area contributed by atoms with Gasteiger partial charge in [-0.3, -0.25) is 5.10 Å². The van der Waals surface area contributed by atoms with Crippen molar-refractivity contribution in [2.75, 3.05) is 17.2 Å². The van der Waals surface area contributed by atoms with Gasteiger partial charge in [0.15, 0.2) is 5.82 Å². The molecule has 4 N–H and O–H groups in total. The van der Waals surface area contributed by atoms with Crippen LogP contribution in [0.2, 0.25) is 5.02 Å². The Morgan fingerprint density at radius 3 is 2.70 bits per heavy atom. The summed E-state index contributed by atoms with van der Waals surface area (Å²) in [5.41, 5.74) is 2.79. The van der Waals surface area contributed by atoms with Crippen LogP contribution in [-0.4, -0.2) is 31.9 Å². The summed E-state index contributed by atoms with van der Waals surface area (Å²) in [6.07, 6.45) is 2.40. The number of aromatic nitrogens is 4. The number of aromatic amines is 1. The highest BCUT2D eigenvalue weighted by atomic mass is 35.5. The summed E-state index contributed by atoms with van der Waals surface area (Å²) in [5, 5.41) is 25.3. The number of H-pyrrole nitrogens is 1. The van der Waals surface area contributed by atoms with E-state index in [-0.39, 0.29) is 12.6 Å². The maximum Gasteiger partial charge on any atom is 0.225 e. The van der Waals surface area contributed by atoms with Gasteiger partial charge in [-0.05, 0) is 36.6 Å². The van der Waals surface area contributed by atoms with Gasteiger partial charge in [0.1, 0.15) is 5.82 Å². The third kappa shape index (κ3) is 3.94. The van der Waals surface area contributed by atoms with Crippen LogP contribution in [0.15, 0.2) is 54.6 Å². The zero-order valence-electron chi connectivity index (χ0n) is 16.1. The van der Waals surface area contributed by atoms with Gasteiger partial charge in [0.25, 0.3) is 0 Å². The SMILES string of the molecule is OC[C@H](Nc1nc(Nc2cc(C3CC3)[nH]n2)c2ccc(Cl)cc2n1)c1ccccc1. The molecule has 2 aromatic carbocycles. The molecule has 2 heterocycles. The van der Waals surface area contributed by atoms with Gasteiger partial charge >= 0.3 is 0 Å². The van der Waals surface area contributed by atoms with Crippen LogP contribution in [0.25, 0.3) is 10.9 Å². The molecule has 30 heavy (non-hydrogen) atoms. The van der Waals surface area contributed by atoms with Gasteiger partial charge in [-0.2, -0.15) is 10.1 Å². The van der Waals surface area contributed by atoms with Crippen LogP contribution < -0.4 is 10.6 Å². The fourth-order valence-corrected chi connectivity index (χ4v) is 3.63. The molecule has 1 saturated carbocycles. The first-order valence-electron chi connectivity index (χ1n) is 9.91. The third-order valence-corrected chi connectivity index (χ3v) is 5.44. The molecule has 152 valence electrons. The third-order valence-electron chi connectivity index (χ3n) is 5.21. The lowest BCUT2D eigenvalue weighted by Gasteiger charge is -2.18. The highest BCUT2D eigenvalue weighted by molar-refractivity contribution is 6.31. The van der Waals surface area contributed by atoms with Crippen molar-refractivity contribution in [2.24, 2.45) is 0 Å². The average Bonchev–Trinajstić information content (AvgIpc) is 3.51. The van der Waals surface area contributed by atoms with Crippen LogP contribution in [-0.2, 0) is 0 Å². The van der Waals surface area contributed by atoms with Crippen molar-refractivity contribution < 1.29 is 5.11 Å². The van der Waals surface area contributed by atoms with Crippen LogP contribution in [0.1, 0.15) is 36.1 Å². The molecular formula is C22H21ClN6O. The van der Waals surface area contributed by atoms with Crippen molar-refractivity contribution in [1.29, 1.82) is 0 Å². The van der Waals surface area contributed by atoms with Gasteiger partial charge in [0.2, 0.25) is 5.95 Å². The van der Waals surface area contributed by atoms with Crippen LogP contribution in [0.5, 0.6) is 0 Å². The molecule has 5 rings (SSSR count). The van der Waals surface area contributed by atoms with E-state index in [0.29, 0.717) is 34.0 Å². The summed E-state index contributed by atoms with van der Waals surface area (Å²) in [4.78, 5) is 9.28. The second-order valence-electron chi connectivity index (χ2n) is 7.46. The lowest BCUT2D eigenvalue weighted by atomic mass is 10.1. The van der Waals surface area contributed by atoms with Crippen molar-refractivity contribution >= 4 is 40.1 Å². The molecule has 0 saturated heterocycles. The summed E-state index contributed by atoms with van der Waals surface area (Å²) >= 11 is 6.20. The van der Waals surface area contributed by atoms with Gasteiger partial charge in [0.05, 0.1) is 18.2 Å². The molecule has 1 aliphatic rings. The van der Waals surface area contributed by atoms with E-state index in [9.17, 15) is 5.11 Å². The van der Waals surface area contributed by atoms with Crippen LogP contribution in [0, 0.1) is 0 Å². The summed E-state index contributed by atoms with van der Waals surface area (Å²) < 4.78 is 0. The number of halogens is 1. The molecule has 0 bridgehead atoms. The molecule has 0 aliphatic heterocycles. The van der Waals surface area contributed by atoms with Crippen molar-refractivity contribution in [3.8, 4) is 0 Å². The normalized spacial score (nSPS) is 14.6. The Kier molecular flexibility index (Phi) is 4.98. The first kappa shape index (κ1) is 18.8. The lowest BCUT2D eigenvalue weighted by Crippen LogP contribution is -2.17. The first-order valence-corrected chi connectivity index (χ1v) is 10.3. The van der Waals surface area contributed by atoms with Gasteiger partial charge < -0.3 is 15.7 Å². The van der Waals surface area contributed by atoms with Crippen LogP contribution >= 0.6 is 11.6 Å². The first-order chi connectivity index (χ1) is 14.7. The second kappa shape index (κ2) is 7.93. The van der Waals surface area contributed by atoms with Crippen molar-refractivity contribution in [3.05, 3.63) is 70.9 Å². The number of aliphatic hydroxyl groups excluding tert-OH is 1. The molecule has 7 nitrogen and oxygen atoms in total. The van der Waals surface area contributed by atoms with Gasteiger partial charge in [-0.1, -0.05) is 41.9 Å². The Morgan fingerprint density at radius 1 is 1.10 bits per heavy atom. The van der Waals surface area contributed by atoms with Gasteiger partial charge in [-0.25, -0.2) is 4.98 Å². The van der Waals surface area contributed by atoms with E-state index in [1.54, 1.807) is 6.07 Å². The minimum atomic E-state index is -0.331. The summed E-state index contributed by atoms with van der Waals surface area (Å²) in [5.74, 6) is 2.31. The Hall–Kier alpha value is -3.16. The quantitative estimate of drug-likeness (QED) is 0.343. The van der Waals surface area contributed by atoms with E-state index in [1.807, 2.05) is 48.5 Å². The number of aliphatic hydroxyl groups is 1. The minimum absolute atomic E-state index is 0.0895. The monoisotopic (exact) mass is 420 g/mol. The van der Waals surface area contributed by atoms with Crippen molar-refractivity contribution in [3.63, 3.8) is 0 Å². The number of hydrogen-bond donors (Lipinski definition) is 4. The van der Waals surface area contributed by atoms with E-state index in [1.165, 1.54) is 12.8 Å². The van der Waals surface area contributed by atoms with E-state index in [4.69, 9.17) is 11.6 Å². The Morgan fingerprint density at radius 2 is 1.93 bits per heavy atom. The molecule has 4 aromatic rings. The number of fused-ring (bicyclic) bond motifs is 1. The smallest absolute Gasteiger partial charge is 0.225 e. The fraction of sp³-hybridized carbons (Fsp3) is 0.227. The molecule has 2 aromatic heterocycles. The van der Waals surface area contributed by atoms with E-state index < -0.39 is 0 Å². The fourth-order valence-electron chi connectivity index (χ4n) is 3.46. The number of nitrogens with one attached hydrogen (secondary N) is 3. The minimum Gasteiger partial charge on any atom is -0.394 e. The van der Waals surface area contributed by atoms with Gasteiger partial charge in [-0.15, -0.1) is 0 Å².